The van der Waals surface area contributed by atoms with Gasteiger partial charge in [-0.1, -0.05) is 18.2 Å². The molecule has 0 bridgehead atoms. The van der Waals surface area contributed by atoms with Crippen LogP contribution in [0, 0.1) is 0 Å². The number of nitrogens with one attached hydrogen (secondary N) is 1. The Bertz CT molecular complexity index is 828. The first-order valence-electron chi connectivity index (χ1n) is 8.99. The predicted molar refractivity (Wildman–Crippen MR) is 94.8 cm³/mol. The van der Waals surface area contributed by atoms with Crippen LogP contribution in [0.2, 0.25) is 0 Å². The Hall–Kier alpha value is -3.03. The van der Waals surface area contributed by atoms with Crippen LogP contribution in [0.3, 0.4) is 0 Å². The molecule has 1 atom stereocenters. The molecule has 3 aliphatic rings. The van der Waals surface area contributed by atoms with Crippen LogP contribution in [-0.4, -0.2) is 61.1 Å². The Morgan fingerprint density at radius 2 is 2.00 bits per heavy atom. The molecule has 0 aromatic heterocycles. The molecule has 1 fully saturated rings. The molecule has 1 saturated heterocycles. The zero-order valence-electron chi connectivity index (χ0n) is 15.1. The molecule has 3 heterocycles. The van der Waals surface area contributed by atoms with Gasteiger partial charge in [-0.3, -0.25) is 9.69 Å². The largest absolute Gasteiger partial charge is 0.496 e. The number of rotatable bonds is 4. The summed E-state index contributed by atoms with van der Waals surface area (Å²) < 4.78 is 10.6. The second-order valence-electron chi connectivity index (χ2n) is 6.73. The molecule has 0 aliphatic carbocycles. The molecule has 4 rings (SSSR count). The minimum atomic E-state index is -0.670. The molecular weight excluding hydrogens is 350 g/mol. The second kappa shape index (κ2) is 6.94. The van der Waals surface area contributed by atoms with Gasteiger partial charge in [0.15, 0.2) is 0 Å². The van der Waals surface area contributed by atoms with E-state index in [0.717, 1.165) is 12.8 Å². The Labute approximate surface area is 156 Å². The van der Waals surface area contributed by atoms with Gasteiger partial charge in [-0.05, 0) is 18.9 Å². The minimum absolute atomic E-state index is 0.0134. The fourth-order valence-corrected chi connectivity index (χ4v) is 3.82. The van der Waals surface area contributed by atoms with Gasteiger partial charge in [-0.15, -0.1) is 0 Å². The number of esters is 1. The van der Waals surface area contributed by atoms with Gasteiger partial charge in [0.1, 0.15) is 18.9 Å². The van der Waals surface area contributed by atoms with E-state index in [9.17, 15) is 14.4 Å². The van der Waals surface area contributed by atoms with Crippen molar-refractivity contribution in [3.05, 3.63) is 41.1 Å². The number of urea groups is 1. The molecule has 0 radical (unpaired) electrons. The molecular formula is C19H21N3O5. The van der Waals surface area contributed by atoms with Gasteiger partial charge >= 0.3 is 12.0 Å². The number of ether oxygens (including phenoxy) is 2. The summed E-state index contributed by atoms with van der Waals surface area (Å²) in [5, 5.41) is 2.83. The minimum Gasteiger partial charge on any atom is -0.496 e. The van der Waals surface area contributed by atoms with Gasteiger partial charge < -0.3 is 19.7 Å². The fourth-order valence-electron chi connectivity index (χ4n) is 3.82. The van der Waals surface area contributed by atoms with Gasteiger partial charge in [-0.2, -0.15) is 0 Å². The number of cyclic esters (lactones) is 1. The highest BCUT2D eigenvalue weighted by atomic mass is 16.5. The van der Waals surface area contributed by atoms with Gasteiger partial charge in [0.25, 0.3) is 0 Å². The average molecular weight is 371 g/mol. The molecule has 3 amide bonds. The maximum atomic E-state index is 12.8. The van der Waals surface area contributed by atoms with Crippen molar-refractivity contribution in [2.24, 2.45) is 0 Å². The number of hydrogen-bond donors (Lipinski definition) is 1. The van der Waals surface area contributed by atoms with Gasteiger partial charge in [0.05, 0.1) is 24.4 Å². The quantitative estimate of drug-likeness (QED) is 0.804. The number of carbonyl (C=O) groups excluding carboxylic acids is 3. The van der Waals surface area contributed by atoms with Crippen LogP contribution in [0.4, 0.5) is 4.79 Å². The van der Waals surface area contributed by atoms with Crippen LogP contribution in [-0.2, 0) is 14.3 Å². The summed E-state index contributed by atoms with van der Waals surface area (Å²) in [4.78, 5) is 40.8. The molecule has 142 valence electrons. The predicted octanol–water partition coefficient (Wildman–Crippen LogP) is 1.19. The lowest BCUT2D eigenvalue weighted by atomic mass is 9.95. The molecule has 1 N–H and O–H groups in total. The van der Waals surface area contributed by atoms with Gasteiger partial charge in [-0.25, -0.2) is 9.59 Å². The maximum Gasteiger partial charge on any atom is 0.338 e. The summed E-state index contributed by atoms with van der Waals surface area (Å²) in [5.41, 5.74) is 1.48. The van der Waals surface area contributed by atoms with Gasteiger partial charge in [0.2, 0.25) is 5.91 Å². The molecule has 0 spiro atoms. The monoisotopic (exact) mass is 371 g/mol. The SMILES string of the molecule is COc1ccccc1[C@@H]1NC(=O)N(CC(=O)N2CCCC2)C2=C1C(=O)OC2. The third kappa shape index (κ3) is 3.01. The molecule has 1 aromatic rings. The van der Waals surface area contributed by atoms with E-state index in [2.05, 4.69) is 5.32 Å². The van der Waals surface area contributed by atoms with Crippen LogP contribution >= 0.6 is 0 Å². The van der Waals surface area contributed by atoms with E-state index >= 15 is 0 Å². The average Bonchev–Trinajstić information content (AvgIpc) is 3.34. The lowest BCUT2D eigenvalue weighted by Gasteiger charge is -2.33. The van der Waals surface area contributed by atoms with Crippen LogP contribution in [0.5, 0.6) is 5.75 Å². The van der Waals surface area contributed by atoms with E-state index in [1.54, 1.807) is 17.0 Å². The lowest BCUT2D eigenvalue weighted by molar-refractivity contribution is -0.136. The Balaban J connectivity index is 1.68. The molecule has 8 nitrogen and oxygen atoms in total. The molecule has 3 aliphatic heterocycles. The Morgan fingerprint density at radius 1 is 1.26 bits per heavy atom. The zero-order valence-corrected chi connectivity index (χ0v) is 15.1. The van der Waals surface area contributed by atoms with Crippen LogP contribution in [0.25, 0.3) is 0 Å². The summed E-state index contributed by atoms with van der Waals surface area (Å²) in [6.45, 7) is 1.30. The first kappa shape index (κ1) is 17.4. The van der Waals surface area contributed by atoms with Crippen molar-refractivity contribution < 1.29 is 23.9 Å². The highest BCUT2D eigenvalue weighted by molar-refractivity contribution is 5.98. The lowest BCUT2D eigenvalue weighted by Crippen LogP contribution is -2.50. The summed E-state index contributed by atoms with van der Waals surface area (Å²) in [6.07, 6.45) is 1.95. The number of carbonyl (C=O) groups is 3. The Morgan fingerprint density at radius 3 is 2.74 bits per heavy atom. The number of para-hydroxylation sites is 1. The van der Waals surface area contributed by atoms with Crippen molar-refractivity contribution in [2.75, 3.05) is 33.4 Å². The zero-order chi connectivity index (χ0) is 19.0. The van der Waals surface area contributed by atoms with Crippen molar-refractivity contribution >= 4 is 17.9 Å². The maximum absolute atomic E-state index is 12.8. The van der Waals surface area contributed by atoms with Gasteiger partial charge in [0, 0.05) is 18.7 Å². The van der Waals surface area contributed by atoms with E-state index < -0.39 is 18.0 Å². The van der Waals surface area contributed by atoms with Crippen molar-refractivity contribution in [1.29, 1.82) is 0 Å². The summed E-state index contributed by atoms with van der Waals surface area (Å²) in [7, 11) is 1.53. The third-order valence-corrected chi connectivity index (χ3v) is 5.20. The smallest absolute Gasteiger partial charge is 0.338 e. The number of likely N-dealkylation sites (tertiary alicyclic amines) is 1. The second-order valence-corrected chi connectivity index (χ2v) is 6.73. The topological polar surface area (TPSA) is 88.2 Å². The molecule has 1 aromatic carbocycles. The molecule has 0 unspecified atom stereocenters. The van der Waals surface area contributed by atoms with Crippen LogP contribution in [0.15, 0.2) is 35.5 Å². The number of amides is 3. The van der Waals surface area contributed by atoms with Crippen LogP contribution in [0.1, 0.15) is 24.4 Å². The van der Waals surface area contributed by atoms with Crippen molar-refractivity contribution in [1.82, 2.24) is 15.1 Å². The third-order valence-electron chi connectivity index (χ3n) is 5.20. The fraction of sp³-hybridized carbons (Fsp3) is 0.421. The van der Waals surface area contributed by atoms with E-state index in [0.29, 0.717) is 35.7 Å². The first-order valence-corrected chi connectivity index (χ1v) is 8.99. The molecule has 27 heavy (non-hydrogen) atoms. The van der Waals surface area contributed by atoms with E-state index in [4.69, 9.17) is 9.47 Å². The summed E-state index contributed by atoms with van der Waals surface area (Å²) in [5.74, 6) is -0.0416. The number of benzene rings is 1. The van der Waals surface area contributed by atoms with Crippen molar-refractivity contribution in [3.63, 3.8) is 0 Å². The normalized spacial score (nSPS) is 21.9. The molecule has 0 saturated carbocycles. The summed E-state index contributed by atoms with van der Waals surface area (Å²) in [6, 6.07) is 6.10. The molecule has 8 heteroatoms. The van der Waals surface area contributed by atoms with E-state index in [1.807, 2.05) is 12.1 Å². The highest BCUT2D eigenvalue weighted by Gasteiger charge is 2.43. The number of nitrogens with zero attached hydrogens (tertiary/aromatic N) is 2. The van der Waals surface area contributed by atoms with Crippen molar-refractivity contribution in [2.45, 2.75) is 18.9 Å². The van der Waals surface area contributed by atoms with Crippen LogP contribution < -0.4 is 10.1 Å². The highest BCUT2D eigenvalue weighted by Crippen LogP contribution is 2.38. The summed E-state index contributed by atoms with van der Waals surface area (Å²) >= 11 is 0. The van der Waals surface area contributed by atoms with Crippen molar-refractivity contribution in [3.8, 4) is 5.75 Å². The van der Waals surface area contributed by atoms with E-state index in [-0.39, 0.29) is 19.1 Å². The number of hydrogen-bond acceptors (Lipinski definition) is 5. The Kier molecular flexibility index (Phi) is 4.47. The van der Waals surface area contributed by atoms with E-state index in [1.165, 1.54) is 12.0 Å². The first-order chi connectivity index (χ1) is 13.1. The standard InChI is InChI=1S/C19H21N3O5/c1-26-14-7-3-2-6-12(14)17-16-13(11-27-18(16)24)22(19(25)20-17)10-15(23)21-8-4-5-9-21/h2-3,6-7,17H,4-5,8-11H2,1H3,(H,20,25)/t17-/m0/s1. The number of methoxy groups -OCH3 is 1.